The molecule has 0 radical (unpaired) electrons. The van der Waals surface area contributed by atoms with Crippen LogP contribution >= 0.6 is 0 Å². The zero-order valence-electron chi connectivity index (χ0n) is 17.2. The molecule has 164 valence electrons. The average molecular weight is 433 g/mol. The molecule has 0 aliphatic carbocycles. The van der Waals surface area contributed by atoms with Gasteiger partial charge in [-0.05, 0) is 37.1 Å². The number of nitrogens with zero attached hydrogens (tertiary/aromatic N) is 3. The SMILES string of the molecule is Cc1ccc(C(=O)N[C@@H](C(=O)NCc2nnc3ccc(C(F)(F)F)cn23)C(C)C)cc1. The van der Waals surface area contributed by atoms with Gasteiger partial charge >= 0.3 is 6.18 Å². The van der Waals surface area contributed by atoms with E-state index in [2.05, 4.69) is 20.8 Å². The second-order valence-corrected chi connectivity index (χ2v) is 7.54. The molecule has 31 heavy (non-hydrogen) atoms. The Kier molecular flexibility index (Phi) is 6.28. The third-order valence-electron chi connectivity index (χ3n) is 4.77. The molecule has 2 heterocycles. The van der Waals surface area contributed by atoms with Crippen LogP contribution < -0.4 is 10.6 Å². The van der Waals surface area contributed by atoms with Gasteiger partial charge in [-0.1, -0.05) is 31.5 Å². The Morgan fingerprint density at radius 3 is 2.35 bits per heavy atom. The van der Waals surface area contributed by atoms with Crippen molar-refractivity contribution >= 4 is 17.5 Å². The van der Waals surface area contributed by atoms with Crippen molar-refractivity contribution in [2.75, 3.05) is 0 Å². The zero-order valence-corrected chi connectivity index (χ0v) is 17.2. The fourth-order valence-electron chi connectivity index (χ4n) is 2.97. The first-order valence-electron chi connectivity index (χ1n) is 9.62. The highest BCUT2D eigenvalue weighted by atomic mass is 19.4. The average Bonchev–Trinajstić information content (AvgIpc) is 3.12. The third kappa shape index (κ3) is 5.19. The number of rotatable bonds is 6. The number of benzene rings is 1. The van der Waals surface area contributed by atoms with Crippen molar-refractivity contribution in [3.63, 3.8) is 0 Å². The van der Waals surface area contributed by atoms with E-state index < -0.39 is 29.6 Å². The number of alkyl halides is 3. The molecule has 3 aromatic rings. The van der Waals surface area contributed by atoms with E-state index >= 15 is 0 Å². The van der Waals surface area contributed by atoms with Crippen LogP contribution in [0.3, 0.4) is 0 Å². The number of halogens is 3. The fraction of sp³-hybridized carbons (Fsp3) is 0.333. The number of hydrogen-bond donors (Lipinski definition) is 2. The third-order valence-corrected chi connectivity index (χ3v) is 4.77. The lowest BCUT2D eigenvalue weighted by atomic mass is 10.0. The number of carbonyl (C=O) groups excluding carboxylic acids is 2. The van der Waals surface area contributed by atoms with E-state index in [0.29, 0.717) is 5.56 Å². The van der Waals surface area contributed by atoms with Crippen LogP contribution in [0.1, 0.15) is 41.2 Å². The standard InChI is InChI=1S/C21H22F3N5O2/c1-12(2)18(26-19(30)14-6-4-13(3)5-7-14)20(31)25-10-17-28-27-16-9-8-15(11-29(16)17)21(22,23)24/h4-9,11-12,18H,10H2,1-3H3,(H,25,31)(H,26,30)/t18-/m1/s1. The summed E-state index contributed by atoms with van der Waals surface area (Å²) in [5.74, 6) is -0.945. The molecule has 2 aromatic heterocycles. The minimum atomic E-state index is -4.51. The van der Waals surface area contributed by atoms with E-state index in [0.717, 1.165) is 17.8 Å². The van der Waals surface area contributed by atoms with Gasteiger partial charge in [-0.25, -0.2) is 0 Å². The van der Waals surface area contributed by atoms with Gasteiger partial charge in [-0.2, -0.15) is 13.2 Å². The van der Waals surface area contributed by atoms with E-state index in [1.165, 1.54) is 10.5 Å². The molecule has 0 fully saturated rings. The maximum Gasteiger partial charge on any atom is 0.417 e. The molecular formula is C21H22F3N5O2. The van der Waals surface area contributed by atoms with Crippen LogP contribution in [0.2, 0.25) is 0 Å². The van der Waals surface area contributed by atoms with Gasteiger partial charge in [0.05, 0.1) is 12.1 Å². The van der Waals surface area contributed by atoms with Crippen molar-refractivity contribution in [3.8, 4) is 0 Å². The first-order valence-corrected chi connectivity index (χ1v) is 9.62. The summed E-state index contributed by atoms with van der Waals surface area (Å²) in [6.07, 6.45) is -3.63. The van der Waals surface area contributed by atoms with Crippen LogP contribution in [-0.4, -0.2) is 32.5 Å². The maximum atomic E-state index is 13.0. The largest absolute Gasteiger partial charge is 0.417 e. The minimum Gasteiger partial charge on any atom is -0.347 e. The van der Waals surface area contributed by atoms with Crippen molar-refractivity contribution < 1.29 is 22.8 Å². The molecule has 0 aliphatic heterocycles. The van der Waals surface area contributed by atoms with Crippen LogP contribution in [0.25, 0.3) is 5.65 Å². The molecule has 0 saturated heterocycles. The first-order chi connectivity index (χ1) is 14.6. The fourth-order valence-corrected chi connectivity index (χ4v) is 2.97. The number of hydrogen-bond acceptors (Lipinski definition) is 4. The summed E-state index contributed by atoms with van der Waals surface area (Å²) < 4.78 is 40.1. The highest BCUT2D eigenvalue weighted by Crippen LogP contribution is 2.29. The predicted octanol–water partition coefficient (Wildman–Crippen LogP) is 3.13. The van der Waals surface area contributed by atoms with Gasteiger partial charge in [0.15, 0.2) is 11.5 Å². The second kappa shape index (κ2) is 8.75. The highest BCUT2D eigenvalue weighted by molar-refractivity contribution is 5.97. The smallest absolute Gasteiger partial charge is 0.347 e. The predicted molar refractivity (Wildman–Crippen MR) is 107 cm³/mol. The van der Waals surface area contributed by atoms with E-state index in [1.54, 1.807) is 38.1 Å². The summed E-state index contributed by atoms with van der Waals surface area (Å²) in [6, 6.07) is 8.22. The van der Waals surface area contributed by atoms with Crippen LogP contribution in [0.4, 0.5) is 13.2 Å². The van der Waals surface area contributed by atoms with E-state index in [-0.39, 0.29) is 23.9 Å². The zero-order chi connectivity index (χ0) is 22.8. The lowest BCUT2D eigenvalue weighted by Crippen LogP contribution is -2.49. The number of pyridine rings is 1. The van der Waals surface area contributed by atoms with Gasteiger partial charge in [-0.15, -0.1) is 10.2 Å². The number of amides is 2. The molecule has 0 unspecified atom stereocenters. The van der Waals surface area contributed by atoms with Gasteiger partial charge < -0.3 is 10.6 Å². The monoisotopic (exact) mass is 433 g/mol. The van der Waals surface area contributed by atoms with Crippen LogP contribution in [-0.2, 0) is 17.5 Å². The number of aromatic nitrogens is 3. The normalized spacial score (nSPS) is 12.7. The van der Waals surface area contributed by atoms with E-state index in [1.807, 2.05) is 6.92 Å². The van der Waals surface area contributed by atoms with Gasteiger partial charge in [0.2, 0.25) is 5.91 Å². The Morgan fingerprint density at radius 2 is 1.74 bits per heavy atom. The van der Waals surface area contributed by atoms with Crippen molar-refractivity contribution in [1.82, 2.24) is 25.2 Å². The molecule has 2 amide bonds. The molecule has 0 aliphatic rings. The molecule has 3 rings (SSSR count). The van der Waals surface area contributed by atoms with Gasteiger partial charge in [0.1, 0.15) is 6.04 Å². The Morgan fingerprint density at radius 1 is 1.06 bits per heavy atom. The van der Waals surface area contributed by atoms with Gasteiger partial charge in [0, 0.05) is 11.8 Å². The first kappa shape index (κ1) is 22.3. The molecule has 0 spiro atoms. The summed E-state index contributed by atoms with van der Waals surface area (Å²) >= 11 is 0. The second-order valence-electron chi connectivity index (χ2n) is 7.54. The summed E-state index contributed by atoms with van der Waals surface area (Å²) in [6.45, 7) is 5.31. The van der Waals surface area contributed by atoms with Crippen LogP contribution in [0, 0.1) is 12.8 Å². The van der Waals surface area contributed by atoms with E-state index in [9.17, 15) is 22.8 Å². The summed E-state index contributed by atoms with van der Waals surface area (Å²) in [5.41, 5.74) is 0.805. The molecule has 7 nitrogen and oxygen atoms in total. The Balaban J connectivity index is 1.71. The van der Waals surface area contributed by atoms with Crippen molar-refractivity contribution in [3.05, 3.63) is 65.1 Å². The quantitative estimate of drug-likeness (QED) is 0.625. The molecular weight excluding hydrogens is 411 g/mol. The van der Waals surface area contributed by atoms with Crippen LogP contribution in [0.5, 0.6) is 0 Å². The molecule has 1 aromatic carbocycles. The van der Waals surface area contributed by atoms with Crippen LogP contribution in [0.15, 0.2) is 42.6 Å². The number of nitrogens with one attached hydrogen (secondary N) is 2. The Labute approximate surface area is 176 Å². The molecule has 0 saturated carbocycles. The summed E-state index contributed by atoms with van der Waals surface area (Å²) in [5, 5.41) is 13.0. The Bertz CT molecular complexity index is 1090. The molecule has 10 heteroatoms. The lowest BCUT2D eigenvalue weighted by Gasteiger charge is -2.21. The van der Waals surface area contributed by atoms with E-state index in [4.69, 9.17) is 0 Å². The van der Waals surface area contributed by atoms with Gasteiger partial charge in [0.25, 0.3) is 5.91 Å². The molecule has 0 bridgehead atoms. The summed E-state index contributed by atoms with van der Waals surface area (Å²) in [7, 11) is 0. The number of carbonyl (C=O) groups is 2. The topological polar surface area (TPSA) is 88.4 Å². The highest BCUT2D eigenvalue weighted by Gasteiger charge is 2.31. The van der Waals surface area contributed by atoms with Crippen molar-refractivity contribution in [2.24, 2.45) is 5.92 Å². The Hall–Kier alpha value is -3.43. The lowest BCUT2D eigenvalue weighted by molar-refractivity contribution is -0.137. The van der Waals surface area contributed by atoms with Crippen molar-refractivity contribution in [1.29, 1.82) is 0 Å². The molecule has 1 atom stereocenters. The minimum absolute atomic E-state index is 0.141. The van der Waals surface area contributed by atoms with Gasteiger partial charge in [-0.3, -0.25) is 14.0 Å². The van der Waals surface area contributed by atoms with Crippen molar-refractivity contribution in [2.45, 2.75) is 39.5 Å². The number of aryl methyl sites for hydroxylation is 1. The molecule has 2 N–H and O–H groups in total. The summed E-state index contributed by atoms with van der Waals surface area (Å²) in [4.78, 5) is 25.2. The maximum absolute atomic E-state index is 13.0. The number of fused-ring (bicyclic) bond motifs is 1.